The van der Waals surface area contributed by atoms with Crippen molar-refractivity contribution in [1.82, 2.24) is 10.2 Å². The monoisotopic (exact) mass is 182 g/mol. The lowest BCUT2D eigenvalue weighted by atomic mass is 9.75. The molecular weight excluding hydrogens is 160 g/mol. The van der Waals surface area contributed by atoms with Gasteiger partial charge in [-0.2, -0.15) is 0 Å². The summed E-state index contributed by atoms with van der Waals surface area (Å²) in [6.45, 7) is 8.41. The van der Waals surface area contributed by atoms with Crippen LogP contribution < -0.4 is 5.32 Å². The van der Waals surface area contributed by atoms with Crippen molar-refractivity contribution in [2.45, 2.75) is 51.1 Å². The molecule has 0 radical (unpaired) electrons. The Morgan fingerprint density at radius 1 is 1.46 bits per heavy atom. The van der Waals surface area contributed by atoms with Gasteiger partial charge < -0.3 is 5.32 Å². The maximum atomic E-state index is 3.49. The Bertz CT molecular complexity index is 175. The van der Waals surface area contributed by atoms with E-state index >= 15 is 0 Å². The normalized spacial score (nSPS) is 34.2. The van der Waals surface area contributed by atoms with Gasteiger partial charge in [-0.3, -0.25) is 4.90 Å². The molecular formula is C11H22N2. The van der Waals surface area contributed by atoms with Crippen LogP contribution in [0.1, 0.15) is 39.5 Å². The van der Waals surface area contributed by atoms with Crippen LogP contribution in [0.3, 0.4) is 0 Å². The summed E-state index contributed by atoms with van der Waals surface area (Å²) in [7, 11) is 0. The topological polar surface area (TPSA) is 15.3 Å². The van der Waals surface area contributed by atoms with E-state index in [-0.39, 0.29) is 0 Å². The van der Waals surface area contributed by atoms with Crippen LogP contribution in [0.25, 0.3) is 0 Å². The second-order valence-electron chi connectivity index (χ2n) is 4.81. The molecule has 1 saturated carbocycles. The van der Waals surface area contributed by atoms with Crippen molar-refractivity contribution in [3.8, 4) is 0 Å². The number of nitrogens with zero attached hydrogens (tertiary/aromatic N) is 1. The molecule has 1 aliphatic carbocycles. The van der Waals surface area contributed by atoms with E-state index in [0.717, 1.165) is 6.04 Å². The van der Waals surface area contributed by atoms with Crippen molar-refractivity contribution >= 4 is 0 Å². The Balaban J connectivity index is 2.01. The van der Waals surface area contributed by atoms with Gasteiger partial charge >= 0.3 is 0 Å². The van der Waals surface area contributed by atoms with Crippen LogP contribution in [0.15, 0.2) is 0 Å². The molecule has 13 heavy (non-hydrogen) atoms. The lowest BCUT2D eigenvalue weighted by Gasteiger charge is -2.53. The lowest BCUT2D eigenvalue weighted by molar-refractivity contribution is -0.0169. The summed E-state index contributed by atoms with van der Waals surface area (Å²) in [6, 6.07) is 0.791. The van der Waals surface area contributed by atoms with Crippen molar-refractivity contribution in [3.63, 3.8) is 0 Å². The SMILES string of the molecule is CCC1CNCCN1C1(C)CCC1. The minimum absolute atomic E-state index is 0.558. The number of hydrogen-bond donors (Lipinski definition) is 1. The van der Waals surface area contributed by atoms with Crippen molar-refractivity contribution in [2.75, 3.05) is 19.6 Å². The molecule has 1 saturated heterocycles. The molecule has 2 aliphatic rings. The number of nitrogens with one attached hydrogen (secondary N) is 1. The zero-order chi connectivity index (χ0) is 9.31. The summed E-state index contributed by atoms with van der Waals surface area (Å²) in [5, 5.41) is 3.49. The van der Waals surface area contributed by atoms with E-state index in [0.29, 0.717) is 5.54 Å². The Labute approximate surface area is 81.7 Å². The smallest absolute Gasteiger partial charge is 0.0223 e. The highest BCUT2D eigenvalue weighted by molar-refractivity contribution is 4.98. The van der Waals surface area contributed by atoms with E-state index < -0.39 is 0 Å². The van der Waals surface area contributed by atoms with Gasteiger partial charge in [-0.1, -0.05) is 6.92 Å². The largest absolute Gasteiger partial charge is 0.314 e. The first-order valence-electron chi connectivity index (χ1n) is 5.74. The van der Waals surface area contributed by atoms with Crippen LogP contribution in [0, 0.1) is 0 Å². The highest BCUT2D eigenvalue weighted by atomic mass is 15.3. The summed E-state index contributed by atoms with van der Waals surface area (Å²) in [4.78, 5) is 2.76. The molecule has 0 aromatic carbocycles. The molecule has 2 nitrogen and oxygen atoms in total. The maximum Gasteiger partial charge on any atom is 0.0223 e. The summed E-state index contributed by atoms with van der Waals surface area (Å²) in [5.74, 6) is 0. The molecule has 0 spiro atoms. The standard InChI is InChI=1S/C11H22N2/c1-3-10-9-12-7-8-13(10)11(2)5-4-6-11/h10,12H,3-9H2,1-2H3. The fraction of sp³-hybridized carbons (Fsp3) is 1.00. The summed E-state index contributed by atoms with van der Waals surface area (Å²) < 4.78 is 0. The third-order valence-corrected chi connectivity index (χ3v) is 3.95. The highest BCUT2D eigenvalue weighted by Gasteiger charge is 2.41. The molecule has 76 valence electrons. The van der Waals surface area contributed by atoms with E-state index in [1.54, 1.807) is 0 Å². The zero-order valence-corrected chi connectivity index (χ0v) is 8.97. The Kier molecular flexibility index (Phi) is 2.61. The predicted molar refractivity (Wildman–Crippen MR) is 55.9 cm³/mol. The van der Waals surface area contributed by atoms with E-state index in [1.807, 2.05) is 0 Å². The van der Waals surface area contributed by atoms with E-state index in [1.165, 1.54) is 45.3 Å². The molecule has 1 heterocycles. The van der Waals surface area contributed by atoms with Crippen molar-refractivity contribution in [1.29, 1.82) is 0 Å². The van der Waals surface area contributed by atoms with Gasteiger partial charge in [-0.25, -0.2) is 0 Å². The second-order valence-corrected chi connectivity index (χ2v) is 4.81. The molecule has 1 N–H and O–H groups in total. The fourth-order valence-electron chi connectivity index (χ4n) is 2.81. The minimum atomic E-state index is 0.558. The third kappa shape index (κ3) is 1.62. The number of rotatable bonds is 2. The average Bonchev–Trinajstić information content (AvgIpc) is 2.14. The second kappa shape index (κ2) is 3.58. The molecule has 0 aromatic rings. The first-order valence-corrected chi connectivity index (χ1v) is 5.74. The average molecular weight is 182 g/mol. The maximum absolute atomic E-state index is 3.49. The van der Waals surface area contributed by atoms with Gasteiger partial charge in [0.15, 0.2) is 0 Å². The molecule has 2 rings (SSSR count). The van der Waals surface area contributed by atoms with Crippen LogP contribution in [0.2, 0.25) is 0 Å². The van der Waals surface area contributed by atoms with Crippen molar-refractivity contribution < 1.29 is 0 Å². The van der Waals surface area contributed by atoms with Gasteiger partial charge in [-0.15, -0.1) is 0 Å². The molecule has 0 amide bonds. The van der Waals surface area contributed by atoms with Gasteiger partial charge in [0.25, 0.3) is 0 Å². The molecule has 1 atom stereocenters. The molecule has 2 heteroatoms. The number of hydrogen-bond acceptors (Lipinski definition) is 2. The summed E-state index contributed by atoms with van der Waals surface area (Å²) >= 11 is 0. The molecule has 1 unspecified atom stereocenters. The highest BCUT2D eigenvalue weighted by Crippen LogP contribution is 2.39. The number of piperazine rings is 1. The third-order valence-electron chi connectivity index (χ3n) is 3.95. The zero-order valence-electron chi connectivity index (χ0n) is 8.97. The molecule has 0 bridgehead atoms. The van der Waals surface area contributed by atoms with Crippen LogP contribution >= 0.6 is 0 Å². The van der Waals surface area contributed by atoms with E-state index in [4.69, 9.17) is 0 Å². The van der Waals surface area contributed by atoms with Crippen LogP contribution in [-0.2, 0) is 0 Å². The van der Waals surface area contributed by atoms with Gasteiger partial charge in [0.05, 0.1) is 0 Å². The Morgan fingerprint density at radius 3 is 2.77 bits per heavy atom. The first kappa shape index (κ1) is 9.47. The van der Waals surface area contributed by atoms with Gasteiger partial charge in [0.1, 0.15) is 0 Å². The van der Waals surface area contributed by atoms with E-state index in [9.17, 15) is 0 Å². The van der Waals surface area contributed by atoms with Gasteiger partial charge in [0, 0.05) is 31.2 Å². The predicted octanol–water partition coefficient (Wildman–Crippen LogP) is 1.61. The molecule has 0 aromatic heterocycles. The molecule has 2 fully saturated rings. The Hall–Kier alpha value is -0.0800. The Morgan fingerprint density at radius 2 is 2.23 bits per heavy atom. The fourth-order valence-corrected chi connectivity index (χ4v) is 2.81. The van der Waals surface area contributed by atoms with Crippen LogP contribution in [0.5, 0.6) is 0 Å². The summed E-state index contributed by atoms with van der Waals surface area (Å²) in [6.07, 6.45) is 5.58. The summed E-state index contributed by atoms with van der Waals surface area (Å²) in [5.41, 5.74) is 0.558. The van der Waals surface area contributed by atoms with E-state index in [2.05, 4.69) is 24.1 Å². The van der Waals surface area contributed by atoms with Crippen molar-refractivity contribution in [3.05, 3.63) is 0 Å². The van der Waals surface area contributed by atoms with Gasteiger partial charge in [0.2, 0.25) is 0 Å². The lowest BCUT2D eigenvalue weighted by Crippen LogP contribution is -2.62. The van der Waals surface area contributed by atoms with Crippen LogP contribution in [-0.4, -0.2) is 36.1 Å². The first-order chi connectivity index (χ1) is 6.26. The van der Waals surface area contributed by atoms with Gasteiger partial charge in [-0.05, 0) is 32.6 Å². The van der Waals surface area contributed by atoms with Crippen molar-refractivity contribution in [2.24, 2.45) is 0 Å². The molecule has 1 aliphatic heterocycles. The minimum Gasteiger partial charge on any atom is -0.314 e. The quantitative estimate of drug-likeness (QED) is 0.698. The van der Waals surface area contributed by atoms with Crippen LogP contribution in [0.4, 0.5) is 0 Å².